The Morgan fingerprint density at radius 3 is 1.98 bits per heavy atom. The number of hydrogen-bond acceptors (Lipinski definition) is 5. The lowest BCUT2D eigenvalue weighted by Gasteiger charge is -2.19. The predicted molar refractivity (Wildman–Crippen MR) is 179 cm³/mol. The zero-order valence-electron chi connectivity index (χ0n) is 24.4. The maximum Gasteiger partial charge on any atom is 0.265 e. The monoisotopic (exact) mass is 600 g/mol. The Bertz CT molecular complexity index is 1760. The summed E-state index contributed by atoms with van der Waals surface area (Å²) in [6.07, 6.45) is 1.24. The Hall–Kier alpha value is -5.27. The number of phenols is 1. The summed E-state index contributed by atoms with van der Waals surface area (Å²) >= 11 is 1.41. The highest BCUT2D eigenvalue weighted by Crippen LogP contribution is 2.43. The molecular weight excluding hydrogens is 568 g/mol. The highest BCUT2D eigenvalue weighted by atomic mass is 32.2. The van der Waals surface area contributed by atoms with E-state index in [1.807, 2.05) is 97.9 Å². The summed E-state index contributed by atoms with van der Waals surface area (Å²) in [5.74, 6) is -0.362. The lowest BCUT2D eigenvalue weighted by molar-refractivity contribution is -0.122. The first kappa shape index (κ1) is 30.2. The number of thioether (sulfide) groups is 1. The lowest BCUT2D eigenvalue weighted by atomic mass is 10.1. The molecule has 0 aliphatic rings. The molecule has 0 fully saturated rings. The number of amides is 2. The van der Waals surface area contributed by atoms with Crippen molar-refractivity contribution in [2.75, 3.05) is 10.6 Å². The van der Waals surface area contributed by atoms with Gasteiger partial charge in [-0.1, -0.05) is 108 Å². The fourth-order valence-electron chi connectivity index (χ4n) is 4.34. The van der Waals surface area contributed by atoms with Crippen LogP contribution < -0.4 is 15.4 Å². The molecule has 5 aromatic rings. The van der Waals surface area contributed by atoms with Crippen molar-refractivity contribution in [3.05, 3.63) is 150 Å². The number of carbonyl (C=O) groups is 2. The third-order valence-corrected chi connectivity index (χ3v) is 7.85. The minimum absolute atomic E-state index is 0.186. The number of nitrogens with one attached hydrogen (secondary N) is 2. The maximum absolute atomic E-state index is 13.3. The molecular formula is C37H32N2O4S. The second-order valence-corrected chi connectivity index (χ2v) is 11.2. The van der Waals surface area contributed by atoms with Crippen molar-refractivity contribution in [1.29, 1.82) is 0 Å². The van der Waals surface area contributed by atoms with Crippen LogP contribution >= 0.6 is 11.8 Å². The van der Waals surface area contributed by atoms with E-state index in [9.17, 15) is 14.7 Å². The molecule has 6 nitrogen and oxygen atoms in total. The van der Waals surface area contributed by atoms with Crippen molar-refractivity contribution in [2.45, 2.75) is 24.8 Å². The quantitative estimate of drug-likeness (QED) is 0.0848. The van der Waals surface area contributed by atoms with Crippen LogP contribution in [0.15, 0.2) is 132 Å². The van der Waals surface area contributed by atoms with Gasteiger partial charge in [0.25, 0.3) is 11.8 Å². The van der Waals surface area contributed by atoms with Gasteiger partial charge in [0.1, 0.15) is 11.5 Å². The van der Waals surface area contributed by atoms with Crippen molar-refractivity contribution in [3.63, 3.8) is 0 Å². The molecule has 5 aromatic carbocycles. The molecule has 44 heavy (non-hydrogen) atoms. The summed E-state index contributed by atoms with van der Waals surface area (Å²) in [4.78, 5) is 27.8. The third kappa shape index (κ3) is 7.96. The van der Waals surface area contributed by atoms with E-state index in [-0.39, 0.29) is 23.3 Å². The maximum atomic E-state index is 13.3. The van der Waals surface area contributed by atoms with Gasteiger partial charge in [0.15, 0.2) is 6.10 Å². The molecule has 0 radical (unpaired) electrons. The second-order valence-electron chi connectivity index (χ2n) is 10.1. The van der Waals surface area contributed by atoms with Gasteiger partial charge in [0.2, 0.25) is 0 Å². The molecule has 0 heterocycles. The number of aromatic hydroxyl groups is 1. The highest BCUT2D eigenvalue weighted by Gasteiger charge is 2.20. The fraction of sp³-hybridized carbons (Fsp3) is 0.0811. The van der Waals surface area contributed by atoms with Gasteiger partial charge >= 0.3 is 0 Å². The van der Waals surface area contributed by atoms with Gasteiger partial charge in [-0.05, 0) is 61.4 Å². The summed E-state index contributed by atoms with van der Waals surface area (Å²) in [6.45, 7) is 3.65. The van der Waals surface area contributed by atoms with E-state index in [0.29, 0.717) is 21.9 Å². The standard InChI is InChI=1S/C37H32N2O4S/c1-25-18-20-30(21-19-25)43-26(2)36(41)39-32-23-33(40)31(38-37(42)29-16-10-5-11-17-29)24-35(32)44-34(28-14-8-4-9-15-28)22-27-12-6-3-7-13-27/h3-24,26,40H,1-2H3,(H,38,42)(H,39,41)/b34-22+. The van der Waals surface area contributed by atoms with Gasteiger partial charge in [-0.2, -0.15) is 0 Å². The second kappa shape index (κ2) is 14.3. The molecule has 0 aliphatic heterocycles. The van der Waals surface area contributed by atoms with E-state index < -0.39 is 6.10 Å². The van der Waals surface area contributed by atoms with Crippen molar-refractivity contribution in [2.24, 2.45) is 0 Å². The summed E-state index contributed by atoms with van der Waals surface area (Å²) in [6, 6.07) is 39.2. The number of phenolic OH excluding ortho intramolecular Hbond substituents is 1. The number of rotatable bonds is 10. The number of ether oxygens (including phenoxy) is 1. The smallest absolute Gasteiger partial charge is 0.265 e. The van der Waals surface area contributed by atoms with E-state index in [4.69, 9.17) is 4.74 Å². The van der Waals surface area contributed by atoms with E-state index in [0.717, 1.165) is 21.6 Å². The van der Waals surface area contributed by atoms with E-state index in [1.165, 1.54) is 17.8 Å². The Balaban J connectivity index is 1.50. The SMILES string of the molecule is Cc1ccc(OC(C)C(=O)Nc2cc(O)c(NC(=O)c3ccccc3)cc2S/C(=C/c2ccccc2)c2ccccc2)cc1. The Morgan fingerprint density at radius 2 is 1.34 bits per heavy atom. The Labute approximate surface area is 261 Å². The first-order valence-electron chi connectivity index (χ1n) is 14.1. The molecule has 0 aliphatic carbocycles. The van der Waals surface area contributed by atoms with Crippen molar-refractivity contribution in [3.8, 4) is 11.5 Å². The Morgan fingerprint density at radius 1 is 0.750 bits per heavy atom. The van der Waals surface area contributed by atoms with Crippen LogP contribution in [0.25, 0.3) is 11.0 Å². The molecule has 0 bridgehead atoms. The van der Waals surface area contributed by atoms with Gasteiger partial charge < -0.3 is 20.5 Å². The number of benzene rings is 5. The number of carbonyl (C=O) groups excluding carboxylic acids is 2. The van der Waals surface area contributed by atoms with E-state index in [2.05, 4.69) is 16.7 Å². The number of aryl methyl sites for hydroxylation is 1. The molecule has 220 valence electrons. The van der Waals surface area contributed by atoms with Gasteiger partial charge in [-0.15, -0.1) is 0 Å². The van der Waals surface area contributed by atoms with Crippen molar-refractivity contribution < 1.29 is 19.4 Å². The molecule has 3 N–H and O–H groups in total. The van der Waals surface area contributed by atoms with Crippen LogP contribution in [0.4, 0.5) is 11.4 Å². The molecule has 1 unspecified atom stereocenters. The largest absolute Gasteiger partial charge is 0.506 e. The van der Waals surface area contributed by atoms with Gasteiger partial charge in [-0.25, -0.2) is 0 Å². The zero-order valence-corrected chi connectivity index (χ0v) is 25.2. The molecule has 0 saturated carbocycles. The minimum atomic E-state index is -0.816. The molecule has 1 atom stereocenters. The summed E-state index contributed by atoms with van der Waals surface area (Å²) in [7, 11) is 0. The van der Waals surface area contributed by atoms with Crippen molar-refractivity contribution >= 4 is 45.9 Å². The van der Waals surface area contributed by atoms with Crippen LogP contribution in [0.3, 0.4) is 0 Å². The zero-order chi connectivity index (χ0) is 30.9. The van der Waals surface area contributed by atoms with Gasteiger partial charge in [0, 0.05) is 21.4 Å². The average Bonchev–Trinajstić information content (AvgIpc) is 3.05. The van der Waals surface area contributed by atoms with Gasteiger partial charge in [-0.3, -0.25) is 9.59 Å². The van der Waals surface area contributed by atoms with Crippen molar-refractivity contribution in [1.82, 2.24) is 0 Å². The Kier molecular flexibility index (Phi) is 9.79. The lowest BCUT2D eigenvalue weighted by Crippen LogP contribution is -2.30. The van der Waals surface area contributed by atoms with Crippen LogP contribution in [0, 0.1) is 6.92 Å². The van der Waals surface area contributed by atoms with E-state index >= 15 is 0 Å². The molecule has 0 spiro atoms. The van der Waals surface area contributed by atoms with Crippen LogP contribution in [0.2, 0.25) is 0 Å². The minimum Gasteiger partial charge on any atom is -0.506 e. The first-order chi connectivity index (χ1) is 21.4. The molecule has 5 rings (SSSR count). The van der Waals surface area contributed by atoms with E-state index in [1.54, 1.807) is 37.3 Å². The summed E-state index contributed by atoms with van der Waals surface area (Å²) in [5, 5.41) is 16.7. The third-order valence-electron chi connectivity index (χ3n) is 6.72. The van der Waals surface area contributed by atoms with Crippen LogP contribution in [-0.2, 0) is 4.79 Å². The predicted octanol–water partition coefficient (Wildman–Crippen LogP) is 8.65. The van der Waals surface area contributed by atoms with Crippen LogP contribution in [-0.4, -0.2) is 23.0 Å². The number of anilines is 2. The van der Waals surface area contributed by atoms with Crippen LogP contribution in [0.5, 0.6) is 11.5 Å². The molecule has 2 amide bonds. The highest BCUT2D eigenvalue weighted by molar-refractivity contribution is 8.08. The summed E-state index contributed by atoms with van der Waals surface area (Å²) in [5.41, 5.74) is 4.11. The topological polar surface area (TPSA) is 87.7 Å². The molecule has 7 heteroatoms. The molecule has 0 saturated heterocycles. The average molecular weight is 601 g/mol. The first-order valence-corrected chi connectivity index (χ1v) is 14.9. The molecule has 0 aromatic heterocycles. The summed E-state index contributed by atoms with van der Waals surface area (Å²) < 4.78 is 5.88. The van der Waals surface area contributed by atoms with Crippen LogP contribution in [0.1, 0.15) is 34.0 Å². The van der Waals surface area contributed by atoms with Gasteiger partial charge in [0.05, 0.1) is 11.4 Å². The number of hydrogen-bond donors (Lipinski definition) is 3. The fourth-order valence-corrected chi connectivity index (χ4v) is 5.42. The normalized spacial score (nSPS) is 11.8.